The summed E-state index contributed by atoms with van der Waals surface area (Å²) in [7, 11) is 5.56. The molecule has 6 heteroatoms. The lowest BCUT2D eigenvalue weighted by atomic mass is 9.89. The summed E-state index contributed by atoms with van der Waals surface area (Å²) in [5.74, 6) is 0.993. The third-order valence-corrected chi connectivity index (χ3v) is 5.63. The van der Waals surface area contributed by atoms with E-state index in [2.05, 4.69) is 6.07 Å². The molecule has 1 heterocycles. The summed E-state index contributed by atoms with van der Waals surface area (Å²) in [6, 6.07) is 24.6. The molecule has 0 radical (unpaired) electrons. The number of amides is 1. The first-order valence-corrected chi connectivity index (χ1v) is 10.4. The number of ether oxygens (including phenoxy) is 2. The van der Waals surface area contributed by atoms with Crippen LogP contribution < -0.4 is 14.4 Å². The third-order valence-electron chi connectivity index (χ3n) is 5.63. The van der Waals surface area contributed by atoms with Gasteiger partial charge in [0.25, 0.3) is 5.91 Å². The Labute approximate surface area is 188 Å². The molecule has 1 aliphatic rings. The van der Waals surface area contributed by atoms with Crippen molar-refractivity contribution < 1.29 is 14.3 Å². The van der Waals surface area contributed by atoms with Gasteiger partial charge in [0.05, 0.1) is 18.7 Å². The second kappa shape index (κ2) is 9.03. The van der Waals surface area contributed by atoms with E-state index in [1.807, 2.05) is 73.6 Å². The Morgan fingerprint density at radius 2 is 1.72 bits per heavy atom. The van der Waals surface area contributed by atoms with Crippen molar-refractivity contribution in [3.05, 3.63) is 89.5 Å². The van der Waals surface area contributed by atoms with E-state index in [4.69, 9.17) is 9.47 Å². The van der Waals surface area contributed by atoms with Crippen molar-refractivity contribution in [2.45, 2.75) is 18.7 Å². The highest BCUT2D eigenvalue weighted by atomic mass is 16.5. The van der Waals surface area contributed by atoms with Crippen molar-refractivity contribution in [2.24, 2.45) is 0 Å². The number of benzene rings is 3. The van der Waals surface area contributed by atoms with E-state index in [1.54, 1.807) is 30.2 Å². The lowest BCUT2D eigenvalue weighted by Gasteiger charge is -2.47. The van der Waals surface area contributed by atoms with Crippen LogP contribution in [0.5, 0.6) is 11.5 Å². The molecule has 3 aromatic rings. The lowest BCUT2D eigenvalue weighted by molar-refractivity contribution is -0.165. The molecule has 0 unspecified atom stereocenters. The smallest absolute Gasteiger partial charge is 0.267 e. The highest BCUT2D eigenvalue weighted by molar-refractivity contribution is 5.89. The molecule has 6 nitrogen and oxygen atoms in total. The van der Waals surface area contributed by atoms with Gasteiger partial charge in [0.1, 0.15) is 6.04 Å². The quantitative estimate of drug-likeness (QED) is 0.530. The van der Waals surface area contributed by atoms with Gasteiger partial charge in [-0.3, -0.25) is 4.79 Å². The fraction of sp³-hybridized carbons (Fsp3) is 0.231. The molecule has 32 heavy (non-hydrogen) atoms. The van der Waals surface area contributed by atoms with Gasteiger partial charge in [-0.05, 0) is 47.5 Å². The maximum absolute atomic E-state index is 13.2. The number of carbonyl (C=O) groups is 1. The molecular formula is C26H25N3O3. The summed E-state index contributed by atoms with van der Waals surface area (Å²) in [5.41, 5.74) is 3.54. The molecule has 0 aliphatic carbocycles. The Morgan fingerprint density at radius 1 is 1.00 bits per heavy atom. The SMILES string of the molecule is COc1ccccc1O[C@@H]1C(=O)N(Cc2ccc(N(C)C)cc2)[C@@H]1c1cccc(C#N)c1. The van der Waals surface area contributed by atoms with E-state index in [9.17, 15) is 10.1 Å². The number of β-lactam (4-membered cyclic amide) rings is 1. The molecule has 3 aromatic carbocycles. The van der Waals surface area contributed by atoms with E-state index in [0.717, 1.165) is 16.8 Å². The predicted molar refractivity (Wildman–Crippen MR) is 123 cm³/mol. The van der Waals surface area contributed by atoms with Crippen molar-refractivity contribution in [3.8, 4) is 17.6 Å². The highest BCUT2D eigenvalue weighted by Crippen LogP contribution is 2.41. The number of rotatable bonds is 7. The van der Waals surface area contributed by atoms with E-state index in [0.29, 0.717) is 23.6 Å². The first-order chi connectivity index (χ1) is 15.5. The van der Waals surface area contributed by atoms with Gasteiger partial charge >= 0.3 is 0 Å². The second-order valence-electron chi connectivity index (χ2n) is 7.90. The average molecular weight is 428 g/mol. The van der Waals surface area contributed by atoms with Gasteiger partial charge < -0.3 is 19.3 Å². The number of hydrogen-bond acceptors (Lipinski definition) is 5. The van der Waals surface area contributed by atoms with Crippen LogP contribution in [0.4, 0.5) is 5.69 Å². The van der Waals surface area contributed by atoms with Crippen molar-refractivity contribution in [2.75, 3.05) is 26.1 Å². The molecule has 2 atom stereocenters. The molecule has 0 N–H and O–H groups in total. The number of anilines is 1. The number of likely N-dealkylation sites (tertiary alicyclic amines) is 1. The first-order valence-electron chi connectivity index (χ1n) is 10.4. The second-order valence-corrected chi connectivity index (χ2v) is 7.90. The Kier molecular flexibility index (Phi) is 6.00. The molecule has 1 fully saturated rings. The zero-order valence-electron chi connectivity index (χ0n) is 18.4. The van der Waals surface area contributed by atoms with Crippen LogP contribution in [0.15, 0.2) is 72.8 Å². The minimum atomic E-state index is -0.693. The predicted octanol–water partition coefficient (Wildman–Crippen LogP) is 4.16. The maximum Gasteiger partial charge on any atom is 0.267 e. The number of carbonyl (C=O) groups excluding carboxylic acids is 1. The minimum Gasteiger partial charge on any atom is -0.493 e. The molecule has 0 saturated carbocycles. The summed E-state index contributed by atoms with van der Waals surface area (Å²) in [6.45, 7) is 0.458. The topological polar surface area (TPSA) is 65.8 Å². The van der Waals surface area contributed by atoms with Gasteiger partial charge in [-0.25, -0.2) is 0 Å². The zero-order chi connectivity index (χ0) is 22.7. The molecule has 1 saturated heterocycles. The van der Waals surface area contributed by atoms with Crippen molar-refractivity contribution in [3.63, 3.8) is 0 Å². The van der Waals surface area contributed by atoms with Crippen LogP contribution >= 0.6 is 0 Å². The van der Waals surface area contributed by atoms with Gasteiger partial charge in [0.2, 0.25) is 6.10 Å². The van der Waals surface area contributed by atoms with Crippen LogP contribution in [0.1, 0.15) is 22.7 Å². The van der Waals surface area contributed by atoms with Crippen LogP contribution in [0, 0.1) is 11.3 Å². The Balaban J connectivity index is 1.63. The number of para-hydroxylation sites is 2. The van der Waals surface area contributed by atoms with E-state index >= 15 is 0 Å². The summed E-state index contributed by atoms with van der Waals surface area (Å²) in [6.07, 6.45) is -0.693. The van der Waals surface area contributed by atoms with E-state index < -0.39 is 6.10 Å². The lowest BCUT2D eigenvalue weighted by Crippen LogP contribution is -2.60. The molecular weight excluding hydrogens is 402 g/mol. The summed E-state index contributed by atoms with van der Waals surface area (Å²) >= 11 is 0. The molecule has 1 amide bonds. The third kappa shape index (κ3) is 4.10. The van der Waals surface area contributed by atoms with Gasteiger partial charge in [0.15, 0.2) is 11.5 Å². The fourth-order valence-electron chi connectivity index (χ4n) is 3.90. The monoisotopic (exact) mass is 427 g/mol. The van der Waals surface area contributed by atoms with Gasteiger partial charge in [-0.2, -0.15) is 5.26 Å². The van der Waals surface area contributed by atoms with Crippen LogP contribution in [0.25, 0.3) is 0 Å². The Morgan fingerprint density at radius 3 is 2.38 bits per heavy atom. The molecule has 0 spiro atoms. The Bertz CT molecular complexity index is 1150. The molecule has 0 bridgehead atoms. The molecule has 4 rings (SSSR count). The highest BCUT2D eigenvalue weighted by Gasteiger charge is 2.50. The number of methoxy groups -OCH3 is 1. The first kappa shape index (κ1) is 21.3. The van der Waals surface area contributed by atoms with Crippen LogP contribution in [0.2, 0.25) is 0 Å². The van der Waals surface area contributed by atoms with Gasteiger partial charge in [0, 0.05) is 26.3 Å². The molecule has 0 aromatic heterocycles. The van der Waals surface area contributed by atoms with Crippen LogP contribution in [-0.4, -0.2) is 38.1 Å². The number of nitrogens with zero attached hydrogens (tertiary/aromatic N) is 3. The van der Waals surface area contributed by atoms with Crippen molar-refractivity contribution >= 4 is 11.6 Å². The standard InChI is InChI=1S/C26H25N3O3/c1-28(2)21-13-11-18(12-14-21)17-29-24(20-8-6-7-19(15-20)16-27)25(26(29)30)32-23-10-5-4-9-22(23)31-3/h4-15,24-25H,17H2,1-3H3/t24-,25+/m1/s1. The average Bonchev–Trinajstić information content (AvgIpc) is 2.83. The molecule has 1 aliphatic heterocycles. The largest absolute Gasteiger partial charge is 0.493 e. The van der Waals surface area contributed by atoms with E-state index in [-0.39, 0.29) is 11.9 Å². The summed E-state index contributed by atoms with van der Waals surface area (Å²) < 4.78 is 11.5. The maximum atomic E-state index is 13.2. The van der Waals surface area contributed by atoms with Gasteiger partial charge in [-0.15, -0.1) is 0 Å². The summed E-state index contributed by atoms with van der Waals surface area (Å²) in [5, 5.41) is 9.35. The van der Waals surface area contributed by atoms with Crippen molar-refractivity contribution in [1.82, 2.24) is 4.90 Å². The molecule has 162 valence electrons. The number of nitriles is 1. The van der Waals surface area contributed by atoms with E-state index in [1.165, 1.54) is 0 Å². The van der Waals surface area contributed by atoms with Crippen LogP contribution in [0.3, 0.4) is 0 Å². The zero-order valence-corrected chi connectivity index (χ0v) is 18.4. The minimum absolute atomic E-state index is 0.0973. The van der Waals surface area contributed by atoms with Gasteiger partial charge in [-0.1, -0.05) is 36.4 Å². The number of hydrogen-bond donors (Lipinski definition) is 0. The van der Waals surface area contributed by atoms with Crippen molar-refractivity contribution in [1.29, 1.82) is 5.26 Å². The van der Waals surface area contributed by atoms with Crippen LogP contribution in [-0.2, 0) is 11.3 Å². The normalized spacial score (nSPS) is 17.3. The fourth-order valence-corrected chi connectivity index (χ4v) is 3.90. The Hall–Kier alpha value is -3.98. The summed E-state index contributed by atoms with van der Waals surface area (Å²) in [4.78, 5) is 17.0.